The zero-order valence-electron chi connectivity index (χ0n) is 9.73. The van der Waals surface area contributed by atoms with E-state index in [-0.39, 0.29) is 11.9 Å². The number of rotatable bonds is 3. The zero-order valence-corrected chi connectivity index (χ0v) is 11.3. The first-order valence-electron chi connectivity index (χ1n) is 5.40. The smallest absolute Gasteiger partial charge is 0.145 e. The van der Waals surface area contributed by atoms with Crippen LogP contribution >= 0.6 is 15.9 Å². The summed E-state index contributed by atoms with van der Waals surface area (Å²) in [4.78, 5) is 4.16. The van der Waals surface area contributed by atoms with E-state index in [1.165, 1.54) is 6.07 Å². The lowest BCUT2D eigenvalue weighted by molar-refractivity contribution is 0.473. The van der Waals surface area contributed by atoms with E-state index in [2.05, 4.69) is 20.9 Å². The van der Waals surface area contributed by atoms with Crippen LogP contribution in [0.15, 0.2) is 41.0 Å². The minimum absolute atomic E-state index is 0.121. The third kappa shape index (κ3) is 3.05. The number of nitrogens with two attached hydrogens (primary N) is 1. The van der Waals surface area contributed by atoms with Gasteiger partial charge in [-0.3, -0.25) is 4.98 Å². The summed E-state index contributed by atoms with van der Waals surface area (Å²) in [5.41, 5.74) is 6.48. The van der Waals surface area contributed by atoms with Crippen molar-refractivity contribution in [2.75, 3.05) is 0 Å². The number of pyridine rings is 1. The van der Waals surface area contributed by atoms with Crippen molar-refractivity contribution in [3.8, 4) is 11.5 Å². The number of nitrogens with zero attached hydrogens (tertiary/aromatic N) is 1. The fourth-order valence-electron chi connectivity index (χ4n) is 1.40. The second-order valence-corrected chi connectivity index (χ2v) is 4.74. The molecule has 5 heteroatoms. The van der Waals surface area contributed by atoms with Crippen LogP contribution in [0.1, 0.15) is 18.7 Å². The monoisotopic (exact) mass is 310 g/mol. The molecular weight excluding hydrogens is 299 g/mol. The molecule has 2 aromatic rings. The van der Waals surface area contributed by atoms with Crippen molar-refractivity contribution in [2.24, 2.45) is 5.73 Å². The van der Waals surface area contributed by atoms with E-state index in [0.717, 1.165) is 5.69 Å². The maximum atomic E-state index is 13.3. The van der Waals surface area contributed by atoms with E-state index in [1.807, 2.05) is 6.92 Å². The fourth-order valence-corrected chi connectivity index (χ4v) is 1.64. The lowest BCUT2D eigenvalue weighted by Gasteiger charge is -2.08. The highest BCUT2D eigenvalue weighted by Gasteiger charge is 2.04. The van der Waals surface area contributed by atoms with Gasteiger partial charge in [-0.2, -0.15) is 0 Å². The molecule has 1 heterocycles. The van der Waals surface area contributed by atoms with Crippen LogP contribution in [0, 0.1) is 5.82 Å². The minimum Gasteiger partial charge on any atom is -0.456 e. The average molecular weight is 311 g/mol. The Kier molecular flexibility index (Phi) is 3.93. The first-order valence-corrected chi connectivity index (χ1v) is 6.20. The van der Waals surface area contributed by atoms with Gasteiger partial charge in [-0.05, 0) is 47.1 Å². The Morgan fingerprint density at radius 3 is 2.56 bits per heavy atom. The normalized spacial score (nSPS) is 12.2. The van der Waals surface area contributed by atoms with Gasteiger partial charge in [-0.25, -0.2) is 4.39 Å². The highest BCUT2D eigenvalue weighted by atomic mass is 79.9. The topological polar surface area (TPSA) is 48.1 Å². The van der Waals surface area contributed by atoms with Crippen molar-refractivity contribution in [3.63, 3.8) is 0 Å². The minimum atomic E-state index is -0.368. The van der Waals surface area contributed by atoms with Crippen molar-refractivity contribution < 1.29 is 9.13 Å². The van der Waals surface area contributed by atoms with Gasteiger partial charge in [0.15, 0.2) is 0 Å². The molecule has 2 N–H and O–H groups in total. The number of aromatic nitrogens is 1. The second-order valence-electron chi connectivity index (χ2n) is 3.89. The summed E-state index contributed by atoms with van der Waals surface area (Å²) < 4.78 is 19.2. The van der Waals surface area contributed by atoms with E-state index >= 15 is 0 Å². The van der Waals surface area contributed by atoms with E-state index in [1.54, 1.807) is 30.5 Å². The van der Waals surface area contributed by atoms with Gasteiger partial charge in [0, 0.05) is 12.1 Å². The van der Waals surface area contributed by atoms with Gasteiger partial charge in [0.25, 0.3) is 0 Å². The summed E-state index contributed by atoms with van der Waals surface area (Å²) in [5.74, 6) is 0.597. The van der Waals surface area contributed by atoms with E-state index in [4.69, 9.17) is 10.5 Å². The lowest BCUT2D eigenvalue weighted by Crippen LogP contribution is -2.06. The zero-order chi connectivity index (χ0) is 13.1. The van der Waals surface area contributed by atoms with Crippen LogP contribution in [-0.4, -0.2) is 4.98 Å². The molecule has 0 fully saturated rings. The van der Waals surface area contributed by atoms with Gasteiger partial charge < -0.3 is 10.5 Å². The molecule has 3 nitrogen and oxygen atoms in total. The molecule has 0 bridgehead atoms. The predicted molar refractivity (Wildman–Crippen MR) is 71.0 cm³/mol. The average Bonchev–Trinajstić information content (AvgIpc) is 2.34. The maximum absolute atomic E-state index is 13.3. The molecule has 0 saturated carbocycles. The van der Waals surface area contributed by atoms with Crippen molar-refractivity contribution in [1.29, 1.82) is 0 Å². The molecule has 0 aliphatic carbocycles. The molecule has 0 spiro atoms. The molecule has 0 radical (unpaired) electrons. The Morgan fingerprint density at radius 2 is 2.00 bits per heavy atom. The molecule has 0 unspecified atom stereocenters. The SMILES string of the molecule is C[C@@H](N)c1ccc(Oc2ccc(Br)c(F)c2)cn1. The standard InChI is InChI=1S/C13H12BrFN2O/c1-8(16)13-5-3-10(7-17-13)18-9-2-4-11(14)12(15)6-9/h2-8H,16H2,1H3/t8-/m1/s1. The Balaban J connectivity index is 2.15. The molecule has 0 aliphatic heterocycles. The highest BCUT2D eigenvalue weighted by Crippen LogP contribution is 2.25. The molecule has 0 amide bonds. The highest BCUT2D eigenvalue weighted by molar-refractivity contribution is 9.10. The number of benzene rings is 1. The Bertz CT molecular complexity index is 543. The van der Waals surface area contributed by atoms with Crippen molar-refractivity contribution >= 4 is 15.9 Å². The maximum Gasteiger partial charge on any atom is 0.145 e. The first-order chi connectivity index (χ1) is 8.56. The lowest BCUT2D eigenvalue weighted by atomic mass is 10.2. The van der Waals surface area contributed by atoms with Gasteiger partial charge in [0.1, 0.15) is 17.3 Å². The second kappa shape index (κ2) is 5.46. The van der Waals surface area contributed by atoms with E-state index in [0.29, 0.717) is 16.0 Å². The quantitative estimate of drug-likeness (QED) is 0.938. The molecule has 1 aromatic heterocycles. The summed E-state index contributed by atoms with van der Waals surface area (Å²) in [5, 5.41) is 0. The Hall–Kier alpha value is -1.46. The summed E-state index contributed by atoms with van der Waals surface area (Å²) in [6, 6.07) is 8.00. The largest absolute Gasteiger partial charge is 0.456 e. The number of halogens is 2. The molecule has 2 rings (SSSR count). The van der Waals surface area contributed by atoms with Crippen LogP contribution in [0.4, 0.5) is 4.39 Å². The molecule has 94 valence electrons. The van der Waals surface area contributed by atoms with Crippen LogP contribution in [-0.2, 0) is 0 Å². The van der Waals surface area contributed by atoms with Gasteiger partial charge in [0.2, 0.25) is 0 Å². The third-order valence-electron chi connectivity index (χ3n) is 2.35. The summed E-state index contributed by atoms with van der Waals surface area (Å²) in [6.45, 7) is 1.85. The number of ether oxygens (including phenoxy) is 1. The van der Waals surface area contributed by atoms with Gasteiger partial charge >= 0.3 is 0 Å². The fraction of sp³-hybridized carbons (Fsp3) is 0.154. The summed E-state index contributed by atoms with van der Waals surface area (Å²) in [6.07, 6.45) is 1.57. The van der Waals surface area contributed by atoms with Crippen molar-refractivity contribution in [3.05, 3.63) is 52.5 Å². The molecule has 0 saturated heterocycles. The van der Waals surface area contributed by atoms with Crippen molar-refractivity contribution in [2.45, 2.75) is 13.0 Å². The van der Waals surface area contributed by atoms with Crippen LogP contribution < -0.4 is 10.5 Å². The Labute approximate surface area is 113 Å². The third-order valence-corrected chi connectivity index (χ3v) is 3.00. The van der Waals surface area contributed by atoms with Crippen LogP contribution in [0.2, 0.25) is 0 Å². The molecule has 1 atom stereocenters. The molecule has 18 heavy (non-hydrogen) atoms. The van der Waals surface area contributed by atoms with Gasteiger partial charge in [-0.15, -0.1) is 0 Å². The van der Waals surface area contributed by atoms with E-state index in [9.17, 15) is 4.39 Å². The first kappa shape index (κ1) is 13.0. The predicted octanol–water partition coefficient (Wildman–Crippen LogP) is 3.80. The Morgan fingerprint density at radius 1 is 1.28 bits per heavy atom. The van der Waals surface area contributed by atoms with E-state index < -0.39 is 0 Å². The van der Waals surface area contributed by atoms with Crippen molar-refractivity contribution in [1.82, 2.24) is 4.98 Å². The van der Waals surface area contributed by atoms with Crippen LogP contribution in [0.25, 0.3) is 0 Å². The number of hydrogen-bond donors (Lipinski definition) is 1. The van der Waals surface area contributed by atoms with Crippen LogP contribution in [0.5, 0.6) is 11.5 Å². The summed E-state index contributed by atoms with van der Waals surface area (Å²) in [7, 11) is 0. The molecular formula is C13H12BrFN2O. The van der Waals surface area contributed by atoms with Gasteiger partial charge in [-0.1, -0.05) is 0 Å². The van der Waals surface area contributed by atoms with Crippen LogP contribution in [0.3, 0.4) is 0 Å². The molecule has 0 aliphatic rings. The summed E-state index contributed by atoms with van der Waals surface area (Å²) >= 11 is 3.08. The number of hydrogen-bond acceptors (Lipinski definition) is 3. The molecule has 1 aromatic carbocycles. The van der Waals surface area contributed by atoms with Gasteiger partial charge in [0.05, 0.1) is 16.4 Å².